The standard InChI is InChI=1S/C5H5ClFN3O4S/c6-15(13,14)4-3-9(2-1-7)8-5(4)10(11)12/h3H,1-2H2. The van der Waals surface area contributed by atoms with E-state index in [-0.39, 0.29) is 6.54 Å². The van der Waals surface area contributed by atoms with Crippen LogP contribution in [0.5, 0.6) is 0 Å². The molecule has 0 aromatic carbocycles. The van der Waals surface area contributed by atoms with E-state index in [2.05, 4.69) is 5.10 Å². The number of aryl methyl sites for hydroxylation is 1. The Morgan fingerprint density at radius 1 is 1.67 bits per heavy atom. The molecule has 0 saturated heterocycles. The third kappa shape index (κ3) is 2.63. The quantitative estimate of drug-likeness (QED) is 0.449. The second-order valence-corrected chi connectivity index (χ2v) is 5.00. The molecule has 1 aromatic heterocycles. The topological polar surface area (TPSA) is 95.1 Å². The van der Waals surface area contributed by atoms with Crippen LogP contribution >= 0.6 is 10.7 Å². The second-order valence-electron chi connectivity index (χ2n) is 2.46. The van der Waals surface area contributed by atoms with Crippen LogP contribution in [0.4, 0.5) is 10.2 Å². The summed E-state index contributed by atoms with van der Waals surface area (Å²) in [6.45, 7) is -1.09. The van der Waals surface area contributed by atoms with E-state index in [0.717, 1.165) is 10.9 Å². The average Bonchev–Trinajstić information content (AvgIpc) is 2.48. The summed E-state index contributed by atoms with van der Waals surface area (Å²) in [6, 6.07) is 0. The predicted molar refractivity (Wildman–Crippen MR) is 47.9 cm³/mol. The van der Waals surface area contributed by atoms with Crippen LogP contribution in [0.2, 0.25) is 0 Å². The molecule has 7 nitrogen and oxygen atoms in total. The SMILES string of the molecule is O=[N+]([O-])c1nn(CCF)cc1S(=O)(=O)Cl. The van der Waals surface area contributed by atoms with E-state index in [1.54, 1.807) is 0 Å². The minimum atomic E-state index is -4.25. The van der Waals surface area contributed by atoms with Gasteiger partial charge >= 0.3 is 5.82 Å². The minimum absolute atomic E-state index is 0.271. The molecule has 10 heteroatoms. The number of rotatable bonds is 4. The smallest absolute Gasteiger partial charge is 0.358 e. The first kappa shape index (κ1) is 11.9. The van der Waals surface area contributed by atoms with Crippen molar-refractivity contribution in [3.05, 3.63) is 16.3 Å². The number of alkyl halides is 1. The lowest BCUT2D eigenvalue weighted by molar-refractivity contribution is -0.392. The Bertz CT molecular complexity index is 484. The Labute approximate surface area is 88.0 Å². The first-order valence-corrected chi connectivity index (χ1v) is 5.89. The van der Waals surface area contributed by atoms with Gasteiger partial charge in [0.05, 0.1) is 17.8 Å². The van der Waals surface area contributed by atoms with Gasteiger partial charge in [0.25, 0.3) is 9.05 Å². The van der Waals surface area contributed by atoms with Crippen molar-refractivity contribution in [2.24, 2.45) is 0 Å². The fourth-order valence-electron chi connectivity index (χ4n) is 0.893. The Morgan fingerprint density at radius 2 is 2.27 bits per heavy atom. The zero-order valence-corrected chi connectivity index (χ0v) is 8.70. The van der Waals surface area contributed by atoms with E-state index in [1.807, 2.05) is 0 Å². The van der Waals surface area contributed by atoms with Crippen molar-refractivity contribution in [1.82, 2.24) is 9.78 Å². The van der Waals surface area contributed by atoms with Crippen molar-refractivity contribution in [3.8, 4) is 0 Å². The van der Waals surface area contributed by atoms with Crippen molar-refractivity contribution in [2.45, 2.75) is 11.4 Å². The highest BCUT2D eigenvalue weighted by Gasteiger charge is 2.29. The number of aromatic nitrogens is 2. The van der Waals surface area contributed by atoms with Crippen LogP contribution in [0.25, 0.3) is 0 Å². The molecule has 0 amide bonds. The third-order valence-electron chi connectivity index (χ3n) is 1.46. The molecule has 1 rings (SSSR count). The summed E-state index contributed by atoms with van der Waals surface area (Å²) in [4.78, 5) is 8.67. The second kappa shape index (κ2) is 4.11. The van der Waals surface area contributed by atoms with Gasteiger partial charge < -0.3 is 10.1 Å². The molecule has 0 bridgehead atoms. The predicted octanol–water partition coefficient (Wildman–Crippen LogP) is 0.688. The van der Waals surface area contributed by atoms with Gasteiger partial charge in [0.15, 0.2) is 0 Å². The van der Waals surface area contributed by atoms with Crippen molar-refractivity contribution >= 4 is 25.6 Å². The van der Waals surface area contributed by atoms with Crippen LogP contribution in [0.3, 0.4) is 0 Å². The van der Waals surface area contributed by atoms with Gasteiger partial charge in [0.1, 0.15) is 6.67 Å². The van der Waals surface area contributed by atoms with Crippen LogP contribution in [-0.4, -0.2) is 29.8 Å². The zero-order valence-electron chi connectivity index (χ0n) is 7.13. The van der Waals surface area contributed by atoms with Gasteiger partial charge in [-0.05, 0) is 4.92 Å². The first-order valence-electron chi connectivity index (χ1n) is 3.58. The van der Waals surface area contributed by atoms with Gasteiger partial charge in [-0.3, -0.25) is 0 Å². The minimum Gasteiger partial charge on any atom is -0.358 e. The van der Waals surface area contributed by atoms with Crippen LogP contribution < -0.4 is 0 Å². The molecule has 0 atom stereocenters. The Kier molecular flexibility index (Phi) is 3.25. The number of hydrogen-bond donors (Lipinski definition) is 0. The van der Waals surface area contributed by atoms with Crippen molar-refractivity contribution in [2.75, 3.05) is 6.67 Å². The van der Waals surface area contributed by atoms with Crippen LogP contribution in [-0.2, 0) is 15.6 Å². The number of nitro groups is 1. The molecule has 0 N–H and O–H groups in total. The maximum absolute atomic E-state index is 11.9. The van der Waals surface area contributed by atoms with Crippen LogP contribution in [0.15, 0.2) is 11.1 Å². The number of hydrogen-bond acceptors (Lipinski definition) is 5. The monoisotopic (exact) mass is 257 g/mol. The molecule has 0 aliphatic heterocycles. The van der Waals surface area contributed by atoms with Crippen LogP contribution in [0.1, 0.15) is 0 Å². The lowest BCUT2D eigenvalue weighted by Crippen LogP contribution is -2.00. The Balaban J connectivity index is 3.30. The molecular formula is C5H5ClFN3O4S. The Hall–Kier alpha value is -1.22. The highest BCUT2D eigenvalue weighted by atomic mass is 35.7. The van der Waals surface area contributed by atoms with E-state index in [9.17, 15) is 22.9 Å². The maximum atomic E-state index is 11.9. The van der Waals surface area contributed by atoms with Crippen molar-refractivity contribution < 1.29 is 17.7 Å². The summed E-state index contributed by atoms with van der Waals surface area (Å²) in [5.41, 5.74) is 0. The average molecular weight is 258 g/mol. The fourth-order valence-corrected chi connectivity index (χ4v) is 1.80. The van der Waals surface area contributed by atoms with E-state index in [4.69, 9.17) is 10.7 Å². The van der Waals surface area contributed by atoms with Crippen molar-refractivity contribution in [1.29, 1.82) is 0 Å². The van der Waals surface area contributed by atoms with E-state index in [0.29, 0.717) is 0 Å². The molecule has 0 aliphatic rings. The molecule has 1 heterocycles. The lowest BCUT2D eigenvalue weighted by Gasteiger charge is -1.89. The van der Waals surface area contributed by atoms with Gasteiger partial charge in [-0.25, -0.2) is 12.8 Å². The number of halogens is 2. The Morgan fingerprint density at radius 3 is 2.60 bits per heavy atom. The third-order valence-corrected chi connectivity index (χ3v) is 2.77. The molecule has 15 heavy (non-hydrogen) atoms. The fraction of sp³-hybridized carbons (Fsp3) is 0.400. The van der Waals surface area contributed by atoms with Crippen molar-refractivity contribution in [3.63, 3.8) is 0 Å². The molecule has 0 radical (unpaired) electrons. The van der Waals surface area contributed by atoms with Gasteiger partial charge in [-0.1, -0.05) is 0 Å². The largest absolute Gasteiger partial charge is 0.410 e. The summed E-state index contributed by atoms with van der Waals surface area (Å²) < 4.78 is 34.5. The van der Waals surface area contributed by atoms with Gasteiger partial charge in [0, 0.05) is 10.7 Å². The summed E-state index contributed by atoms with van der Waals surface area (Å²) in [5, 5.41) is 13.7. The van der Waals surface area contributed by atoms with Crippen LogP contribution in [0, 0.1) is 10.1 Å². The van der Waals surface area contributed by atoms with Gasteiger partial charge in [-0.2, -0.15) is 4.68 Å². The van der Waals surface area contributed by atoms with Gasteiger partial charge in [-0.15, -0.1) is 0 Å². The van der Waals surface area contributed by atoms with Gasteiger partial charge in [0.2, 0.25) is 4.90 Å². The molecule has 0 spiro atoms. The molecule has 0 saturated carbocycles. The van der Waals surface area contributed by atoms with E-state index in [1.165, 1.54) is 0 Å². The number of nitrogens with zero attached hydrogens (tertiary/aromatic N) is 3. The molecule has 84 valence electrons. The normalized spacial score (nSPS) is 11.6. The molecule has 0 fully saturated rings. The summed E-state index contributed by atoms with van der Waals surface area (Å²) >= 11 is 0. The summed E-state index contributed by atoms with van der Waals surface area (Å²) in [5.74, 6) is -0.904. The highest BCUT2D eigenvalue weighted by Crippen LogP contribution is 2.24. The molecule has 0 unspecified atom stereocenters. The van der Waals surface area contributed by atoms with E-state index >= 15 is 0 Å². The zero-order chi connectivity index (χ0) is 11.6. The lowest BCUT2D eigenvalue weighted by atomic mass is 10.6. The molecule has 0 aliphatic carbocycles. The summed E-state index contributed by atoms with van der Waals surface area (Å²) in [6.07, 6.45) is 0.819. The molecular weight excluding hydrogens is 253 g/mol. The first-order chi connectivity index (χ1) is 6.86. The van der Waals surface area contributed by atoms with E-state index < -0.39 is 31.4 Å². The maximum Gasteiger partial charge on any atom is 0.410 e. The molecule has 1 aromatic rings. The highest BCUT2D eigenvalue weighted by molar-refractivity contribution is 8.13. The summed E-state index contributed by atoms with van der Waals surface area (Å²) in [7, 11) is 0.691.